The highest BCUT2D eigenvalue weighted by atomic mass is 17.2. The van der Waals surface area contributed by atoms with Gasteiger partial charge in [0.2, 0.25) is 0 Å². The van der Waals surface area contributed by atoms with Crippen LogP contribution in [0.25, 0.3) is 0 Å². The minimum atomic E-state index is -0.734. The van der Waals surface area contributed by atoms with Crippen LogP contribution in [-0.2, 0) is 9.78 Å². The monoisotopic (exact) mass is 252 g/mol. The van der Waals surface area contributed by atoms with E-state index >= 15 is 0 Å². The van der Waals surface area contributed by atoms with Crippen LogP contribution in [0.1, 0.15) is 53.4 Å². The molecule has 2 aliphatic heterocycles. The van der Waals surface area contributed by atoms with Crippen molar-refractivity contribution < 1.29 is 14.9 Å². The quantitative estimate of drug-likeness (QED) is 0.576. The van der Waals surface area contributed by atoms with Crippen LogP contribution in [0.4, 0.5) is 0 Å². The van der Waals surface area contributed by atoms with E-state index in [9.17, 15) is 5.11 Å². The van der Waals surface area contributed by atoms with Crippen molar-refractivity contribution in [1.29, 1.82) is 0 Å². The van der Waals surface area contributed by atoms with Crippen LogP contribution in [-0.4, -0.2) is 21.9 Å². The van der Waals surface area contributed by atoms with Crippen molar-refractivity contribution in [2.45, 2.75) is 70.2 Å². The molecule has 1 N–H and O–H groups in total. The molecule has 2 fully saturated rings. The van der Waals surface area contributed by atoms with Gasteiger partial charge in [-0.1, -0.05) is 20.8 Å². The third-order valence-corrected chi connectivity index (χ3v) is 5.49. The largest absolute Gasteiger partial charge is 0.386 e. The first-order valence-corrected chi connectivity index (χ1v) is 7.15. The summed E-state index contributed by atoms with van der Waals surface area (Å²) < 4.78 is 0. The van der Waals surface area contributed by atoms with Crippen LogP contribution in [0.3, 0.4) is 0 Å². The summed E-state index contributed by atoms with van der Waals surface area (Å²) in [5, 5.41) is 10.6. The highest BCUT2D eigenvalue weighted by Gasteiger charge is 2.61. The fourth-order valence-electron chi connectivity index (χ4n) is 3.87. The number of fused-ring (bicyclic) bond motifs is 3. The highest BCUT2D eigenvalue weighted by molar-refractivity contribution is 5.38. The molecule has 2 aliphatic carbocycles. The summed E-state index contributed by atoms with van der Waals surface area (Å²) in [5.74, 6) is 0.755. The van der Waals surface area contributed by atoms with Crippen LogP contribution in [0.2, 0.25) is 0 Å². The molecule has 0 unspecified atom stereocenters. The summed E-state index contributed by atoms with van der Waals surface area (Å²) in [5.41, 5.74) is -0.390. The topological polar surface area (TPSA) is 38.7 Å². The van der Waals surface area contributed by atoms with E-state index < -0.39 is 5.60 Å². The number of hydrogen-bond acceptors (Lipinski definition) is 3. The minimum absolute atomic E-state index is 0.349. The molecule has 1 saturated heterocycles. The average Bonchev–Trinajstić information content (AvgIpc) is 2.45. The molecule has 3 heteroatoms. The summed E-state index contributed by atoms with van der Waals surface area (Å²) in [6.07, 6.45) is 5.89. The van der Waals surface area contributed by atoms with E-state index in [1.54, 1.807) is 0 Å². The summed E-state index contributed by atoms with van der Waals surface area (Å²) >= 11 is 0. The Bertz CT molecular complexity index is 399. The molecule has 0 aromatic heterocycles. The van der Waals surface area contributed by atoms with Gasteiger partial charge < -0.3 is 5.11 Å². The van der Waals surface area contributed by atoms with Gasteiger partial charge in [-0.2, -0.15) is 0 Å². The van der Waals surface area contributed by atoms with Gasteiger partial charge in [0.05, 0.1) is 5.60 Å². The summed E-state index contributed by atoms with van der Waals surface area (Å²) in [7, 11) is 0. The van der Waals surface area contributed by atoms with Crippen molar-refractivity contribution in [3.8, 4) is 0 Å². The molecule has 102 valence electrons. The smallest absolute Gasteiger partial charge is 0.130 e. The standard InChI is InChI=1S/C15H24O3/c1-10(2)14-6-5-11(3)15(18-17-14)8-7-13(4,16)12(15)9-14/h9-11,16H,5-8H2,1-4H3/t11-,13+,14+,15-/m0/s1. The third-order valence-electron chi connectivity index (χ3n) is 5.49. The summed E-state index contributed by atoms with van der Waals surface area (Å²) in [6, 6.07) is 0. The van der Waals surface area contributed by atoms with Crippen molar-refractivity contribution >= 4 is 0 Å². The molecule has 4 rings (SSSR count). The Hall–Kier alpha value is -0.380. The van der Waals surface area contributed by atoms with E-state index in [-0.39, 0.29) is 11.2 Å². The second-order valence-electron chi connectivity index (χ2n) is 6.94. The van der Waals surface area contributed by atoms with Gasteiger partial charge in [0.1, 0.15) is 11.2 Å². The fourth-order valence-corrected chi connectivity index (χ4v) is 3.87. The number of aliphatic hydroxyl groups is 1. The normalized spacial score (nSPS) is 51.2. The third kappa shape index (κ3) is 1.41. The zero-order valence-electron chi connectivity index (χ0n) is 11.8. The summed E-state index contributed by atoms with van der Waals surface area (Å²) in [6.45, 7) is 8.46. The lowest BCUT2D eigenvalue weighted by atomic mass is 9.80. The van der Waals surface area contributed by atoms with E-state index in [0.717, 1.165) is 31.3 Å². The predicted molar refractivity (Wildman–Crippen MR) is 68.8 cm³/mol. The van der Waals surface area contributed by atoms with Crippen molar-refractivity contribution in [3.63, 3.8) is 0 Å². The van der Waals surface area contributed by atoms with Crippen LogP contribution < -0.4 is 0 Å². The molecule has 2 heterocycles. The molecule has 0 amide bonds. The summed E-state index contributed by atoms with van der Waals surface area (Å²) in [4.78, 5) is 11.7. The van der Waals surface area contributed by atoms with Crippen molar-refractivity contribution in [2.24, 2.45) is 11.8 Å². The average molecular weight is 252 g/mol. The Morgan fingerprint density at radius 1 is 1.28 bits per heavy atom. The van der Waals surface area contributed by atoms with E-state index in [1.807, 2.05) is 6.92 Å². The molecule has 0 aromatic carbocycles. The Morgan fingerprint density at radius 2 is 2.00 bits per heavy atom. The van der Waals surface area contributed by atoms with Crippen molar-refractivity contribution in [2.75, 3.05) is 0 Å². The molecular weight excluding hydrogens is 228 g/mol. The van der Waals surface area contributed by atoms with Gasteiger partial charge in [0.25, 0.3) is 0 Å². The minimum Gasteiger partial charge on any atom is -0.386 e. The van der Waals surface area contributed by atoms with E-state index in [1.165, 1.54) is 0 Å². The maximum atomic E-state index is 10.6. The van der Waals surface area contributed by atoms with Crippen LogP contribution >= 0.6 is 0 Å². The maximum absolute atomic E-state index is 10.6. The van der Waals surface area contributed by atoms with Gasteiger partial charge in [-0.25, -0.2) is 9.78 Å². The first-order chi connectivity index (χ1) is 8.32. The zero-order chi connectivity index (χ0) is 13.2. The number of hydrogen-bond donors (Lipinski definition) is 1. The molecule has 4 aliphatic rings. The Balaban J connectivity index is 2.15. The predicted octanol–water partition coefficient (Wildman–Crippen LogP) is 2.98. The van der Waals surface area contributed by atoms with Crippen LogP contribution in [0.5, 0.6) is 0 Å². The lowest BCUT2D eigenvalue weighted by molar-refractivity contribution is -0.409. The fraction of sp³-hybridized carbons (Fsp3) is 0.867. The lowest BCUT2D eigenvalue weighted by Crippen LogP contribution is -2.48. The van der Waals surface area contributed by atoms with Gasteiger partial charge >= 0.3 is 0 Å². The molecule has 4 atom stereocenters. The SMILES string of the molecule is CC(C)[C@@]12C=C3[C@](C)(O)CC[C@]3(OO1)[C@@H](C)CC2. The Labute approximate surface area is 109 Å². The molecule has 1 spiro atoms. The first-order valence-electron chi connectivity index (χ1n) is 7.15. The van der Waals surface area contributed by atoms with E-state index in [4.69, 9.17) is 9.78 Å². The molecule has 2 bridgehead atoms. The van der Waals surface area contributed by atoms with Crippen LogP contribution in [0.15, 0.2) is 11.6 Å². The van der Waals surface area contributed by atoms with Crippen LogP contribution in [0, 0.1) is 11.8 Å². The maximum Gasteiger partial charge on any atom is 0.130 e. The van der Waals surface area contributed by atoms with Gasteiger partial charge in [-0.15, -0.1) is 0 Å². The molecule has 18 heavy (non-hydrogen) atoms. The Morgan fingerprint density at radius 3 is 2.67 bits per heavy atom. The zero-order valence-corrected chi connectivity index (χ0v) is 11.8. The van der Waals surface area contributed by atoms with Crippen molar-refractivity contribution in [3.05, 3.63) is 11.6 Å². The molecule has 0 aromatic rings. The molecular formula is C15H24O3. The first kappa shape index (κ1) is 12.6. The Kier molecular flexibility index (Phi) is 2.52. The van der Waals surface area contributed by atoms with Gasteiger partial charge in [-0.3, -0.25) is 0 Å². The van der Waals surface area contributed by atoms with E-state index in [0.29, 0.717) is 11.8 Å². The second kappa shape index (κ2) is 3.59. The van der Waals surface area contributed by atoms with E-state index in [2.05, 4.69) is 26.8 Å². The lowest BCUT2D eigenvalue weighted by Gasteiger charge is -2.43. The van der Waals surface area contributed by atoms with Gasteiger partial charge in [0, 0.05) is 0 Å². The number of rotatable bonds is 1. The highest BCUT2D eigenvalue weighted by Crippen LogP contribution is 2.57. The van der Waals surface area contributed by atoms with Gasteiger partial charge in [-0.05, 0) is 56.1 Å². The molecule has 0 radical (unpaired) electrons. The molecule has 1 saturated carbocycles. The second-order valence-corrected chi connectivity index (χ2v) is 6.94. The van der Waals surface area contributed by atoms with Gasteiger partial charge in [0.15, 0.2) is 0 Å². The molecule has 3 nitrogen and oxygen atoms in total. The van der Waals surface area contributed by atoms with Crippen molar-refractivity contribution in [1.82, 2.24) is 0 Å².